The van der Waals surface area contributed by atoms with Gasteiger partial charge in [0.05, 0.1) is 10.6 Å². The molecule has 0 spiro atoms. The molecule has 3 N–H and O–H groups in total. The van der Waals surface area contributed by atoms with Crippen LogP contribution in [0.15, 0.2) is 29.2 Å². The van der Waals surface area contributed by atoms with Crippen molar-refractivity contribution in [2.45, 2.75) is 36.0 Å². The van der Waals surface area contributed by atoms with Gasteiger partial charge in [0.25, 0.3) is 0 Å². The fourth-order valence-corrected chi connectivity index (χ4v) is 2.91. The monoisotopic (exact) mass is 318 g/mol. The molecule has 1 atom stereocenters. The van der Waals surface area contributed by atoms with Crippen molar-refractivity contribution in [3.8, 4) is 0 Å². The highest BCUT2D eigenvalue weighted by molar-refractivity contribution is 7.91. The zero-order valence-electron chi connectivity index (χ0n) is 11.1. The van der Waals surface area contributed by atoms with Crippen LogP contribution in [-0.4, -0.2) is 26.1 Å². The number of benzene rings is 1. The van der Waals surface area contributed by atoms with Crippen LogP contribution >= 0.6 is 0 Å². The summed E-state index contributed by atoms with van der Waals surface area (Å²) >= 11 is 0. The van der Waals surface area contributed by atoms with Crippen molar-refractivity contribution in [2.75, 3.05) is 5.32 Å². The van der Waals surface area contributed by atoms with Gasteiger partial charge in [0, 0.05) is 12.5 Å². The molecule has 0 aliphatic heterocycles. The number of carbonyl (C=O) groups is 1. The number of carbonyl (C=O) groups excluding carboxylic acids is 1. The Labute approximate surface area is 121 Å². The van der Waals surface area contributed by atoms with Crippen molar-refractivity contribution >= 4 is 21.4 Å². The molecule has 0 bridgehead atoms. The summed E-state index contributed by atoms with van der Waals surface area (Å²) < 4.78 is 48.3. The molecule has 1 aromatic rings. The van der Waals surface area contributed by atoms with Gasteiger partial charge >= 0.3 is 5.76 Å². The van der Waals surface area contributed by atoms with Gasteiger partial charge < -0.3 is 11.1 Å². The van der Waals surface area contributed by atoms with Crippen molar-refractivity contribution in [2.24, 2.45) is 11.7 Å². The van der Waals surface area contributed by atoms with Crippen molar-refractivity contribution in [1.82, 2.24) is 0 Å². The molecule has 0 heterocycles. The fraction of sp³-hybridized carbons (Fsp3) is 0.462. The van der Waals surface area contributed by atoms with E-state index in [-0.39, 0.29) is 18.2 Å². The Morgan fingerprint density at radius 3 is 2.52 bits per heavy atom. The van der Waals surface area contributed by atoms with Gasteiger partial charge in [0.1, 0.15) is 0 Å². The van der Waals surface area contributed by atoms with Gasteiger partial charge in [-0.25, -0.2) is 8.42 Å². The van der Waals surface area contributed by atoms with Crippen LogP contribution in [0.25, 0.3) is 0 Å². The van der Waals surface area contributed by atoms with Crippen LogP contribution in [0.3, 0.4) is 0 Å². The minimum Gasteiger partial charge on any atom is -0.327 e. The van der Waals surface area contributed by atoms with Crippen LogP contribution in [0, 0.1) is 5.92 Å². The molecule has 5 nitrogen and oxygen atoms in total. The molecule has 8 heteroatoms. The lowest BCUT2D eigenvalue weighted by molar-refractivity contribution is -0.116. The zero-order valence-corrected chi connectivity index (χ0v) is 11.9. The highest BCUT2D eigenvalue weighted by Gasteiger charge is 2.31. The highest BCUT2D eigenvalue weighted by Crippen LogP contribution is 2.33. The third kappa shape index (κ3) is 3.76. The van der Waals surface area contributed by atoms with Crippen LogP contribution in [0.1, 0.15) is 19.3 Å². The third-order valence-electron chi connectivity index (χ3n) is 3.35. The Hall–Kier alpha value is -1.54. The lowest BCUT2D eigenvalue weighted by Crippen LogP contribution is -2.29. The predicted octanol–water partition coefficient (Wildman–Crippen LogP) is 1.75. The first-order valence-electron chi connectivity index (χ1n) is 6.49. The van der Waals surface area contributed by atoms with Crippen LogP contribution in [0.2, 0.25) is 0 Å². The van der Waals surface area contributed by atoms with E-state index in [0.29, 0.717) is 5.92 Å². The second-order valence-electron chi connectivity index (χ2n) is 5.06. The molecule has 1 aliphatic rings. The van der Waals surface area contributed by atoms with Gasteiger partial charge in [-0.1, -0.05) is 12.1 Å². The van der Waals surface area contributed by atoms with Gasteiger partial charge in [0.2, 0.25) is 15.7 Å². The van der Waals surface area contributed by atoms with E-state index in [0.717, 1.165) is 18.9 Å². The standard InChI is InChI=1S/C13H16F2N2O3S/c14-13(15)21(19,20)11-4-2-1-3-10(11)17-12(18)7-9(16)8-5-6-8/h1-4,8-9,13H,5-7,16H2,(H,17,18). The number of para-hydroxylation sites is 1. The van der Waals surface area contributed by atoms with E-state index in [2.05, 4.69) is 5.32 Å². The number of rotatable bonds is 6. The van der Waals surface area contributed by atoms with Gasteiger partial charge in [-0.3, -0.25) is 4.79 Å². The molecule has 1 saturated carbocycles. The summed E-state index contributed by atoms with van der Waals surface area (Å²) in [5, 5.41) is 2.35. The van der Waals surface area contributed by atoms with Crippen LogP contribution in [-0.2, 0) is 14.6 Å². The van der Waals surface area contributed by atoms with Crippen molar-refractivity contribution < 1.29 is 22.0 Å². The first-order valence-corrected chi connectivity index (χ1v) is 8.03. The van der Waals surface area contributed by atoms with Gasteiger partial charge in [-0.2, -0.15) is 8.78 Å². The maximum Gasteiger partial charge on any atom is 0.341 e. The van der Waals surface area contributed by atoms with E-state index >= 15 is 0 Å². The van der Waals surface area contributed by atoms with Crippen molar-refractivity contribution in [3.05, 3.63) is 24.3 Å². The van der Waals surface area contributed by atoms with E-state index in [1.807, 2.05) is 0 Å². The molecule has 116 valence electrons. The largest absolute Gasteiger partial charge is 0.341 e. The van der Waals surface area contributed by atoms with Gasteiger partial charge in [0.15, 0.2) is 0 Å². The molecule has 2 rings (SSSR count). The molecular formula is C13H16F2N2O3S. The molecule has 1 aromatic carbocycles. The molecule has 21 heavy (non-hydrogen) atoms. The maximum atomic E-state index is 12.6. The Morgan fingerprint density at radius 1 is 1.33 bits per heavy atom. The Bertz CT molecular complexity index is 630. The van der Waals surface area contributed by atoms with Gasteiger partial charge in [-0.15, -0.1) is 0 Å². The van der Waals surface area contributed by atoms with Crippen molar-refractivity contribution in [3.63, 3.8) is 0 Å². The lowest BCUT2D eigenvalue weighted by Gasteiger charge is -2.13. The fourth-order valence-electron chi connectivity index (χ4n) is 2.02. The second-order valence-corrected chi connectivity index (χ2v) is 6.94. The SMILES string of the molecule is NC(CC(=O)Nc1ccccc1S(=O)(=O)C(F)F)C1CC1. The number of nitrogens with one attached hydrogen (secondary N) is 1. The maximum absolute atomic E-state index is 12.6. The second kappa shape index (κ2) is 6.07. The summed E-state index contributed by atoms with van der Waals surface area (Å²) in [5.74, 6) is -3.70. The van der Waals surface area contributed by atoms with Crippen LogP contribution in [0.5, 0.6) is 0 Å². The molecule has 1 fully saturated rings. The summed E-state index contributed by atoms with van der Waals surface area (Å²) in [6.07, 6.45) is 1.99. The predicted molar refractivity (Wildman–Crippen MR) is 73.6 cm³/mol. The lowest BCUT2D eigenvalue weighted by atomic mass is 10.1. The number of hydrogen-bond acceptors (Lipinski definition) is 4. The number of amides is 1. The summed E-state index contributed by atoms with van der Waals surface area (Å²) in [5.41, 5.74) is 5.66. The molecule has 0 radical (unpaired) electrons. The first-order chi connectivity index (χ1) is 9.82. The molecule has 1 unspecified atom stereocenters. The van der Waals surface area contributed by atoms with E-state index in [1.54, 1.807) is 0 Å². The average molecular weight is 318 g/mol. The van der Waals surface area contributed by atoms with E-state index in [1.165, 1.54) is 18.2 Å². The Balaban J connectivity index is 2.15. The summed E-state index contributed by atoms with van der Waals surface area (Å²) in [4.78, 5) is 11.2. The molecule has 1 amide bonds. The van der Waals surface area contributed by atoms with Crippen molar-refractivity contribution in [1.29, 1.82) is 0 Å². The molecular weight excluding hydrogens is 302 g/mol. The smallest absolute Gasteiger partial charge is 0.327 e. The van der Waals surface area contributed by atoms with E-state index in [4.69, 9.17) is 5.73 Å². The van der Waals surface area contributed by atoms with E-state index in [9.17, 15) is 22.0 Å². The van der Waals surface area contributed by atoms with Crippen LogP contribution in [0.4, 0.5) is 14.5 Å². The average Bonchev–Trinajstić information content (AvgIpc) is 3.23. The number of alkyl halides is 2. The number of nitrogens with two attached hydrogens (primary N) is 1. The number of sulfone groups is 1. The molecule has 1 aliphatic carbocycles. The summed E-state index contributed by atoms with van der Waals surface area (Å²) in [7, 11) is -4.76. The van der Waals surface area contributed by atoms with E-state index < -0.39 is 26.4 Å². The summed E-state index contributed by atoms with van der Waals surface area (Å²) in [6, 6.07) is 4.80. The topological polar surface area (TPSA) is 89.3 Å². The molecule has 0 aromatic heterocycles. The minimum absolute atomic E-state index is 0.0354. The molecule has 0 saturated heterocycles. The summed E-state index contributed by atoms with van der Waals surface area (Å²) in [6.45, 7) is 0. The Morgan fingerprint density at radius 2 is 1.95 bits per heavy atom. The normalized spacial score (nSPS) is 16.8. The van der Waals surface area contributed by atoms with Gasteiger partial charge in [-0.05, 0) is 30.9 Å². The quantitative estimate of drug-likeness (QED) is 0.836. The third-order valence-corrected chi connectivity index (χ3v) is 4.79. The minimum atomic E-state index is -4.76. The number of anilines is 1. The van der Waals surface area contributed by atoms with Crippen LogP contribution < -0.4 is 11.1 Å². The highest BCUT2D eigenvalue weighted by atomic mass is 32.2. The Kier molecular flexibility index (Phi) is 4.58. The number of hydrogen-bond donors (Lipinski definition) is 2. The first kappa shape index (κ1) is 15.8. The zero-order chi connectivity index (χ0) is 15.6. The number of halogens is 2.